The minimum Gasteiger partial charge on any atom is -0.463 e. The maximum atomic E-state index is 8.59. The minimum absolute atomic E-state index is 0.310. The lowest BCUT2D eigenvalue weighted by Gasteiger charge is -2.02. The Bertz CT molecular complexity index is 355. The third-order valence-corrected chi connectivity index (χ3v) is 2.20. The van der Waals surface area contributed by atoms with E-state index in [0.29, 0.717) is 18.3 Å². The zero-order valence-corrected chi connectivity index (χ0v) is 7.81. The average Bonchev–Trinajstić information content (AvgIpc) is 3.02. The Morgan fingerprint density at radius 2 is 2.43 bits per heavy atom. The van der Waals surface area contributed by atoms with E-state index < -0.39 is 0 Å². The highest BCUT2D eigenvalue weighted by Gasteiger charge is 2.20. The third-order valence-electron chi connectivity index (χ3n) is 2.20. The van der Waals surface area contributed by atoms with Gasteiger partial charge in [-0.25, -0.2) is 4.98 Å². The first kappa shape index (κ1) is 8.95. The second kappa shape index (κ2) is 4.05. The summed E-state index contributed by atoms with van der Waals surface area (Å²) in [5.41, 5.74) is 0.349. The van der Waals surface area contributed by atoms with Crippen LogP contribution in [-0.4, -0.2) is 16.6 Å². The Labute approximate surface area is 82.6 Å². The van der Waals surface area contributed by atoms with Crippen molar-refractivity contribution in [3.05, 3.63) is 18.0 Å². The standard InChI is InChI=1S/C10H11N3O/c11-7-9-3-5-12-10(13-9)14-6-4-8-1-2-8/h3,5,8H,1-2,4,6H2. The van der Waals surface area contributed by atoms with E-state index >= 15 is 0 Å². The van der Waals surface area contributed by atoms with E-state index in [4.69, 9.17) is 10.00 Å². The highest BCUT2D eigenvalue weighted by Crippen LogP contribution is 2.32. The molecular weight excluding hydrogens is 178 g/mol. The Balaban J connectivity index is 1.85. The molecule has 0 spiro atoms. The quantitative estimate of drug-likeness (QED) is 0.720. The van der Waals surface area contributed by atoms with Crippen LogP contribution in [-0.2, 0) is 0 Å². The molecule has 1 aromatic rings. The molecular formula is C10H11N3O. The zero-order chi connectivity index (χ0) is 9.80. The number of rotatable bonds is 4. The molecule has 72 valence electrons. The van der Waals surface area contributed by atoms with Crippen molar-refractivity contribution in [1.82, 2.24) is 9.97 Å². The van der Waals surface area contributed by atoms with Gasteiger partial charge in [0.2, 0.25) is 0 Å². The Morgan fingerprint density at radius 1 is 1.57 bits per heavy atom. The van der Waals surface area contributed by atoms with Crippen LogP contribution in [0.15, 0.2) is 12.3 Å². The lowest BCUT2D eigenvalue weighted by Crippen LogP contribution is -2.02. The molecule has 0 radical (unpaired) electrons. The average molecular weight is 189 g/mol. The summed E-state index contributed by atoms with van der Waals surface area (Å²) in [7, 11) is 0. The second-order valence-corrected chi connectivity index (χ2v) is 3.42. The normalized spacial score (nSPS) is 14.8. The molecule has 0 bridgehead atoms. The van der Waals surface area contributed by atoms with E-state index in [0.717, 1.165) is 12.3 Å². The van der Waals surface area contributed by atoms with Gasteiger partial charge in [0, 0.05) is 6.20 Å². The molecule has 0 aromatic carbocycles. The number of aromatic nitrogens is 2. The van der Waals surface area contributed by atoms with E-state index in [-0.39, 0.29) is 0 Å². The fourth-order valence-corrected chi connectivity index (χ4v) is 1.20. The van der Waals surface area contributed by atoms with Gasteiger partial charge >= 0.3 is 6.01 Å². The van der Waals surface area contributed by atoms with Crippen molar-refractivity contribution in [3.63, 3.8) is 0 Å². The monoisotopic (exact) mass is 189 g/mol. The van der Waals surface area contributed by atoms with Gasteiger partial charge in [0.25, 0.3) is 0 Å². The van der Waals surface area contributed by atoms with Crippen LogP contribution < -0.4 is 4.74 Å². The molecule has 4 heteroatoms. The summed E-state index contributed by atoms with van der Waals surface area (Å²) in [5.74, 6) is 0.842. The van der Waals surface area contributed by atoms with E-state index in [1.54, 1.807) is 6.07 Å². The summed E-state index contributed by atoms with van der Waals surface area (Å²) in [5, 5.41) is 8.59. The van der Waals surface area contributed by atoms with Gasteiger partial charge in [0.05, 0.1) is 6.61 Å². The number of hydrogen-bond donors (Lipinski definition) is 0. The molecule has 1 heterocycles. The predicted molar refractivity (Wildman–Crippen MR) is 49.6 cm³/mol. The van der Waals surface area contributed by atoms with E-state index in [2.05, 4.69) is 9.97 Å². The van der Waals surface area contributed by atoms with Gasteiger partial charge in [-0.15, -0.1) is 0 Å². The van der Waals surface area contributed by atoms with Crippen LogP contribution in [0.4, 0.5) is 0 Å². The van der Waals surface area contributed by atoms with Crippen LogP contribution >= 0.6 is 0 Å². The maximum absolute atomic E-state index is 8.59. The highest BCUT2D eigenvalue weighted by molar-refractivity contribution is 5.19. The van der Waals surface area contributed by atoms with Crippen molar-refractivity contribution < 1.29 is 4.74 Å². The summed E-state index contributed by atoms with van der Waals surface area (Å²) in [6.45, 7) is 0.652. The molecule has 0 saturated heterocycles. The molecule has 14 heavy (non-hydrogen) atoms. The SMILES string of the molecule is N#Cc1ccnc(OCCC2CC2)n1. The lowest BCUT2D eigenvalue weighted by molar-refractivity contribution is 0.279. The number of hydrogen-bond acceptors (Lipinski definition) is 4. The van der Waals surface area contributed by atoms with E-state index in [1.165, 1.54) is 19.0 Å². The van der Waals surface area contributed by atoms with Crippen molar-refractivity contribution in [2.24, 2.45) is 5.92 Å². The molecule has 1 aliphatic rings. The van der Waals surface area contributed by atoms with Gasteiger partial charge in [-0.3, -0.25) is 0 Å². The smallest absolute Gasteiger partial charge is 0.317 e. The number of nitriles is 1. The molecule has 2 rings (SSSR count). The van der Waals surface area contributed by atoms with Gasteiger partial charge in [0.1, 0.15) is 11.8 Å². The fourth-order valence-electron chi connectivity index (χ4n) is 1.20. The largest absolute Gasteiger partial charge is 0.463 e. The molecule has 4 nitrogen and oxygen atoms in total. The first-order valence-electron chi connectivity index (χ1n) is 4.74. The Kier molecular flexibility index (Phi) is 2.59. The van der Waals surface area contributed by atoms with Gasteiger partial charge < -0.3 is 4.74 Å². The van der Waals surface area contributed by atoms with Crippen LogP contribution in [0.5, 0.6) is 6.01 Å². The highest BCUT2D eigenvalue weighted by atomic mass is 16.5. The molecule has 0 aliphatic heterocycles. The van der Waals surface area contributed by atoms with Crippen LogP contribution in [0.3, 0.4) is 0 Å². The van der Waals surface area contributed by atoms with Gasteiger partial charge in [-0.1, -0.05) is 12.8 Å². The summed E-state index contributed by atoms with van der Waals surface area (Å²) >= 11 is 0. The molecule has 0 amide bonds. The summed E-state index contributed by atoms with van der Waals surface area (Å²) in [6, 6.07) is 3.82. The van der Waals surface area contributed by atoms with Gasteiger partial charge in [0.15, 0.2) is 0 Å². The van der Waals surface area contributed by atoms with Crippen molar-refractivity contribution in [1.29, 1.82) is 5.26 Å². The summed E-state index contributed by atoms with van der Waals surface area (Å²) in [4.78, 5) is 7.83. The Hall–Kier alpha value is -1.63. The predicted octanol–water partition coefficient (Wildman–Crippen LogP) is 1.53. The summed E-state index contributed by atoms with van der Waals surface area (Å²) in [6.07, 6.45) is 5.25. The zero-order valence-electron chi connectivity index (χ0n) is 7.81. The first-order chi connectivity index (χ1) is 6.88. The van der Waals surface area contributed by atoms with Crippen molar-refractivity contribution in [2.45, 2.75) is 19.3 Å². The summed E-state index contributed by atoms with van der Waals surface area (Å²) < 4.78 is 5.33. The number of nitrogens with zero attached hydrogens (tertiary/aromatic N) is 3. The molecule has 0 unspecified atom stereocenters. The molecule has 1 aromatic heterocycles. The van der Waals surface area contributed by atoms with E-state index in [1.807, 2.05) is 6.07 Å². The minimum atomic E-state index is 0.310. The fraction of sp³-hybridized carbons (Fsp3) is 0.500. The third kappa shape index (κ3) is 2.43. The van der Waals surface area contributed by atoms with Crippen molar-refractivity contribution >= 4 is 0 Å². The van der Waals surface area contributed by atoms with Crippen LogP contribution in [0, 0.1) is 17.2 Å². The number of ether oxygens (including phenoxy) is 1. The lowest BCUT2D eigenvalue weighted by atomic mass is 10.3. The van der Waals surface area contributed by atoms with Gasteiger partial charge in [-0.2, -0.15) is 10.2 Å². The molecule has 1 fully saturated rings. The Morgan fingerprint density at radius 3 is 3.14 bits per heavy atom. The van der Waals surface area contributed by atoms with E-state index in [9.17, 15) is 0 Å². The van der Waals surface area contributed by atoms with Crippen molar-refractivity contribution in [3.8, 4) is 12.1 Å². The first-order valence-corrected chi connectivity index (χ1v) is 4.74. The van der Waals surface area contributed by atoms with Crippen LogP contribution in [0.1, 0.15) is 25.0 Å². The molecule has 0 N–H and O–H groups in total. The second-order valence-electron chi connectivity index (χ2n) is 3.42. The topological polar surface area (TPSA) is 58.8 Å². The van der Waals surface area contributed by atoms with Crippen LogP contribution in [0.25, 0.3) is 0 Å². The van der Waals surface area contributed by atoms with Gasteiger partial charge in [-0.05, 0) is 18.4 Å². The maximum Gasteiger partial charge on any atom is 0.317 e. The molecule has 0 atom stereocenters. The van der Waals surface area contributed by atoms with Crippen molar-refractivity contribution in [2.75, 3.05) is 6.61 Å². The van der Waals surface area contributed by atoms with Crippen LogP contribution in [0.2, 0.25) is 0 Å². The molecule has 1 saturated carbocycles. The molecule has 1 aliphatic carbocycles.